The van der Waals surface area contributed by atoms with Gasteiger partial charge in [-0.2, -0.15) is 5.10 Å². The Hall–Kier alpha value is -2.00. The van der Waals surface area contributed by atoms with Gasteiger partial charge in [0.2, 0.25) is 11.9 Å². The Morgan fingerprint density at radius 2 is 1.96 bits per heavy atom. The van der Waals surface area contributed by atoms with E-state index in [9.17, 15) is 4.79 Å². The normalized spacial score (nSPS) is 20.9. The molecule has 3 rings (SSSR count). The highest BCUT2D eigenvalue weighted by molar-refractivity contribution is 9.10. The number of amides is 1. The number of hydrogen-bond acceptors (Lipinski definition) is 6. The second kappa shape index (κ2) is 7.27. The van der Waals surface area contributed by atoms with Crippen LogP contribution in [-0.4, -0.2) is 55.9 Å². The minimum Gasteiger partial charge on any atom is -0.372 e. The lowest BCUT2D eigenvalue weighted by molar-refractivity contribution is -0.144. The second-order valence-corrected chi connectivity index (χ2v) is 6.75. The molecule has 0 aromatic carbocycles. The summed E-state index contributed by atoms with van der Waals surface area (Å²) >= 11 is 3.29. The molecule has 24 heavy (non-hydrogen) atoms. The lowest BCUT2D eigenvalue weighted by atomic mass is 10.2. The average molecular weight is 395 g/mol. The fourth-order valence-corrected chi connectivity index (χ4v) is 2.85. The topological polar surface area (TPSA) is 85.2 Å². The molecule has 1 fully saturated rings. The zero-order valence-electron chi connectivity index (χ0n) is 13.5. The summed E-state index contributed by atoms with van der Waals surface area (Å²) in [6.07, 6.45) is 6.83. The summed E-state index contributed by atoms with van der Waals surface area (Å²) in [5.74, 6) is 0.506. The number of rotatable bonds is 4. The summed E-state index contributed by atoms with van der Waals surface area (Å²) in [7, 11) is 0. The standard InChI is InChI=1S/C15H19BrN6O2/c1-10-6-21(7-11(2)24-10)14(23)9-22-8-13(5-19-22)20-15-17-3-12(16)4-18-15/h3-5,8,10-11H,6-7,9H2,1-2H3,(H,17,18,20). The fourth-order valence-electron chi connectivity index (χ4n) is 2.64. The Morgan fingerprint density at radius 1 is 1.29 bits per heavy atom. The predicted molar refractivity (Wildman–Crippen MR) is 91.8 cm³/mol. The summed E-state index contributed by atoms with van der Waals surface area (Å²) in [6.45, 7) is 5.38. The van der Waals surface area contributed by atoms with E-state index in [-0.39, 0.29) is 24.7 Å². The molecule has 128 valence electrons. The molecule has 2 atom stereocenters. The molecule has 0 bridgehead atoms. The second-order valence-electron chi connectivity index (χ2n) is 5.83. The van der Waals surface area contributed by atoms with Gasteiger partial charge in [0.1, 0.15) is 6.54 Å². The molecule has 8 nitrogen and oxygen atoms in total. The maximum atomic E-state index is 12.4. The van der Waals surface area contributed by atoms with Crippen LogP contribution in [0.15, 0.2) is 29.3 Å². The first kappa shape index (κ1) is 16.8. The van der Waals surface area contributed by atoms with Crippen molar-refractivity contribution in [3.05, 3.63) is 29.3 Å². The number of aromatic nitrogens is 4. The maximum absolute atomic E-state index is 12.4. The van der Waals surface area contributed by atoms with Gasteiger partial charge in [-0.15, -0.1) is 0 Å². The van der Waals surface area contributed by atoms with Crippen molar-refractivity contribution in [2.45, 2.75) is 32.6 Å². The van der Waals surface area contributed by atoms with Gasteiger partial charge in [0, 0.05) is 31.7 Å². The molecular weight excluding hydrogens is 376 g/mol. The van der Waals surface area contributed by atoms with Crippen molar-refractivity contribution in [2.24, 2.45) is 0 Å². The van der Waals surface area contributed by atoms with Crippen LogP contribution in [0.2, 0.25) is 0 Å². The van der Waals surface area contributed by atoms with Gasteiger partial charge in [0.15, 0.2) is 0 Å². The van der Waals surface area contributed by atoms with E-state index >= 15 is 0 Å². The summed E-state index contributed by atoms with van der Waals surface area (Å²) in [6, 6.07) is 0. The Morgan fingerprint density at radius 3 is 2.62 bits per heavy atom. The van der Waals surface area contributed by atoms with Crippen LogP contribution in [0.5, 0.6) is 0 Å². The molecule has 9 heteroatoms. The number of carbonyl (C=O) groups excluding carboxylic acids is 1. The number of nitrogens with one attached hydrogen (secondary N) is 1. The minimum atomic E-state index is 0.0338. The molecule has 0 saturated carbocycles. The highest BCUT2D eigenvalue weighted by Gasteiger charge is 2.25. The lowest BCUT2D eigenvalue weighted by Gasteiger charge is -2.35. The van der Waals surface area contributed by atoms with Crippen molar-refractivity contribution >= 4 is 33.5 Å². The molecule has 2 unspecified atom stereocenters. The Balaban J connectivity index is 1.59. The first-order chi connectivity index (χ1) is 11.5. The van der Waals surface area contributed by atoms with Gasteiger partial charge >= 0.3 is 0 Å². The number of nitrogens with zero attached hydrogens (tertiary/aromatic N) is 5. The van der Waals surface area contributed by atoms with Gasteiger partial charge in [-0.1, -0.05) is 0 Å². The minimum absolute atomic E-state index is 0.0338. The van der Waals surface area contributed by atoms with Gasteiger partial charge < -0.3 is 15.0 Å². The third-order valence-electron chi connectivity index (χ3n) is 3.58. The van der Waals surface area contributed by atoms with Gasteiger partial charge in [0.05, 0.1) is 28.6 Å². The number of carbonyl (C=O) groups is 1. The van der Waals surface area contributed by atoms with Crippen LogP contribution in [0.3, 0.4) is 0 Å². The summed E-state index contributed by atoms with van der Waals surface area (Å²) in [5, 5.41) is 7.26. The van der Waals surface area contributed by atoms with Crippen LogP contribution >= 0.6 is 15.9 Å². The number of morpholine rings is 1. The van der Waals surface area contributed by atoms with E-state index in [0.29, 0.717) is 19.0 Å². The van der Waals surface area contributed by atoms with E-state index in [1.165, 1.54) is 0 Å². The summed E-state index contributed by atoms with van der Waals surface area (Å²) in [4.78, 5) is 22.5. The maximum Gasteiger partial charge on any atom is 0.244 e. The highest BCUT2D eigenvalue weighted by Crippen LogP contribution is 2.14. The molecule has 1 aliphatic rings. The fraction of sp³-hybridized carbons (Fsp3) is 0.467. The van der Waals surface area contributed by atoms with Crippen molar-refractivity contribution in [2.75, 3.05) is 18.4 Å². The van der Waals surface area contributed by atoms with Crippen LogP contribution in [0.4, 0.5) is 11.6 Å². The van der Waals surface area contributed by atoms with Crippen molar-refractivity contribution < 1.29 is 9.53 Å². The molecule has 2 aromatic rings. The highest BCUT2D eigenvalue weighted by atomic mass is 79.9. The molecule has 2 aromatic heterocycles. The number of hydrogen-bond donors (Lipinski definition) is 1. The average Bonchev–Trinajstić information content (AvgIpc) is 2.95. The van der Waals surface area contributed by atoms with Crippen LogP contribution in [0.25, 0.3) is 0 Å². The zero-order valence-corrected chi connectivity index (χ0v) is 15.1. The van der Waals surface area contributed by atoms with E-state index in [2.05, 4.69) is 36.3 Å². The first-order valence-electron chi connectivity index (χ1n) is 7.70. The van der Waals surface area contributed by atoms with Gasteiger partial charge in [-0.3, -0.25) is 9.48 Å². The number of anilines is 2. The Labute approximate surface area is 148 Å². The zero-order chi connectivity index (χ0) is 17.1. The largest absolute Gasteiger partial charge is 0.372 e. The number of ether oxygens (including phenoxy) is 1. The van der Waals surface area contributed by atoms with Crippen LogP contribution in [0, 0.1) is 0 Å². The molecule has 1 N–H and O–H groups in total. The quantitative estimate of drug-likeness (QED) is 0.850. The smallest absolute Gasteiger partial charge is 0.244 e. The number of halogens is 1. The van der Waals surface area contributed by atoms with Gasteiger partial charge in [0.25, 0.3) is 0 Å². The van der Waals surface area contributed by atoms with E-state index in [4.69, 9.17) is 4.74 Å². The van der Waals surface area contributed by atoms with E-state index in [0.717, 1.165) is 10.2 Å². The summed E-state index contributed by atoms with van der Waals surface area (Å²) < 4.78 is 8.07. The van der Waals surface area contributed by atoms with Crippen LogP contribution in [0.1, 0.15) is 13.8 Å². The Bertz CT molecular complexity index is 694. The van der Waals surface area contributed by atoms with Gasteiger partial charge in [-0.05, 0) is 29.8 Å². The molecule has 1 aliphatic heterocycles. The molecule has 0 spiro atoms. The van der Waals surface area contributed by atoms with Crippen molar-refractivity contribution in [1.82, 2.24) is 24.6 Å². The van der Waals surface area contributed by atoms with Crippen LogP contribution < -0.4 is 5.32 Å². The monoisotopic (exact) mass is 394 g/mol. The lowest BCUT2D eigenvalue weighted by Crippen LogP contribution is -2.49. The molecule has 1 amide bonds. The van der Waals surface area contributed by atoms with Crippen molar-refractivity contribution in [3.63, 3.8) is 0 Å². The van der Waals surface area contributed by atoms with Crippen molar-refractivity contribution in [1.29, 1.82) is 0 Å². The Kier molecular flexibility index (Phi) is 5.10. The molecule has 0 aliphatic carbocycles. The van der Waals surface area contributed by atoms with Crippen molar-refractivity contribution in [3.8, 4) is 0 Å². The van der Waals surface area contributed by atoms with Gasteiger partial charge in [-0.25, -0.2) is 9.97 Å². The third kappa shape index (κ3) is 4.30. The molecule has 1 saturated heterocycles. The van der Waals surface area contributed by atoms with E-state index in [1.54, 1.807) is 29.5 Å². The van der Waals surface area contributed by atoms with E-state index in [1.807, 2.05) is 18.7 Å². The predicted octanol–water partition coefficient (Wildman–Crippen LogP) is 1.81. The molecular formula is C15H19BrN6O2. The third-order valence-corrected chi connectivity index (χ3v) is 3.99. The van der Waals surface area contributed by atoms with E-state index < -0.39 is 0 Å². The van der Waals surface area contributed by atoms with Crippen LogP contribution in [-0.2, 0) is 16.1 Å². The molecule has 3 heterocycles. The first-order valence-corrected chi connectivity index (χ1v) is 8.49. The molecule has 0 radical (unpaired) electrons. The SMILES string of the molecule is CC1CN(C(=O)Cn2cc(Nc3ncc(Br)cn3)cn2)CC(C)O1. The summed E-state index contributed by atoms with van der Waals surface area (Å²) in [5.41, 5.74) is 0.730.